The molecule has 0 saturated carbocycles. The molecule has 2 aromatic heterocycles. The molecule has 0 N–H and O–H groups in total. The van der Waals surface area contributed by atoms with Crippen molar-refractivity contribution >= 4 is 46.4 Å². The lowest BCUT2D eigenvalue weighted by atomic mass is 9.93. The number of aryl methyl sites for hydroxylation is 2. The van der Waals surface area contributed by atoms with Crippen molar-refractivity contribution in [3.8, 4) is 0 Å². The second kappa shape index (κ2) is 13.1. The van der Waals surface area contributed by atoms with E-state index in [1.165, 1.54) is 0 Å². The Morgan fingerprint density at radius 1 is 0.615 bits per heavy atom. The number of rotatable bonds is 16. The molecule has 2 heterocycles. The second-order valence-electron chi connectivity index (χ2n) is 10.0. The van der Waals surface area contributed by atoms with Gasteiger partial charge in [0.15, 0.2) is 12.6 Å². The van der Waals surface area contributed by atoms with Crippen LogP contribution in [0.4, 0.5) is 26.3 Å². The summed E-state index contributed by atoms with van der Waals surface area (Å²) in [7, 11) is 0. The van der Waals surface area contributed by atoms with E-state index >= 15 is 17.6 Å². The Hall–Kier alpha value is -1.94. The van der Waals surface area contributed by atoms with E-state index in [0.29, 0.717) is 25.4 Å². The Morgan fingerprint density at radius 3 is 1.31 bits per heavy atom. The van der Waals surface area contributed by atoms with Gasteiger partial charge in [-0.1, -0.05) is 65.2 Å². The maximum Gasteiger partial charge on any atom is 0.380 e. The minimum atomic E-state index is -5.69. The molecule has 0 amide bonds. The first kappa shape index (κ1) is 31.6. The van der Waals surface area contributed by atoms with E-state index in [-0.39, 0.29) is 32.4 Å². The van der Waals surface area contributed by atoms with Gasteiger partial charge in [-0.3, -0.25) is 9.59 Å². The molecule has 10 heteroatoms. The molecule has 2 nitrogen and oxygen atoms in total. The minimum Gasteiger partial charge on any atom is -0.297 e. The van der Waals surface area contributed by atoms with E-state index < -0.39 is 40.0 Å². The maximum absolute atomic E-state index is 15.5. The fraction of sp³-hybridized carbons (Fsp3) is 0.586. The number of hydrogen-bond acceptors (Lipinski definition) is 4. The Morgan fingerprint density at radius 2 is 0.974 bits per heavy atom. The average molecular weight is 593 g/mol. The Kier molecular flexibility index (Phi) is 10.6. The highest BCUT2D eigenvalue weighted by Crippen LogP contribution is 2.66. The van der Waals surface area contributed by atoms with Gasteiger partial charge in [-0.2, -0.15) is 26.3 Å². The van der Waals surface area contributed by atoms with Gasteiger partial charge >= 0.3 is 17.8 Å². The third-order valence-corrected chi connectivity index (χ3v) is 9.35. The van der Waals surface area contributed by atoms with Crippen LogP contribution in [0.25, 0.3) is 11.1 Å². The van der Waals surface area contributed by atoms with Crippen LogP contribution in [0.15, 0.2) is 12.1 Å². The first-order valence-corrected chi connectivity index (χ1v) is 15.2. The third kappa shape index (κ3) is 6.21. The number of carbonyl (C=O) groups excluding carboxylic acids is 2. The van der Waals surface area contributed by atoms with Crippen LogP contribution in [0.1, 0.15) is 118 Å². The summed E-state index contributed by atoms with van der Waals surface area (Å²) in [6, 6.07) is 2.05. The fourth-order valence-electron chi connectivity index (χ4n) is 5.02. The molecule has 2 aromatic rings. The van der Waals surface area contributed by atoms with Crippen LogP contribution >= 0.6 is 22.7 Å². The van der Waals surface area contributed by atoms with Gasteiger partial charge in [0, 0.05) is 20.9 Å². The van der Waals surface area contributed by atoms with Crippen molar-refractivity contribution in [2.75, 3.05) is 0 Å². The Labute approximate surface area is 233 Å². The van der Waals surface area contributed by atoms with Gasteiger partial charge in [0.25, 0.3) is 0 Å². The van der Waals surface area contributed by atoms with Crippen LogP contribution in [0.2, 0.25) is 0 Å². The van der Waals surface area contributed by atoms with Crippen molar-refractivity contribution in [2.24, 2.45) is 0 Å². The van der Waals surface area contributed by atoms with Gasteiger partial charge in [0.1, 0.15) is 0 Å². The molecule has 0 fully saturated rings. The highest BCUT2D eigenvalue weighted by atomic mass is 32.1. The Bertz CT molecular complexity index is 1090. The normalized spacial score (nSPS) is 17.6. The van der Waals surface area contributed by atoms with Gasteiger partial charge in [-0.25, -0.2) is 0 Å². The van der Waals surface area contributed by atoms with Crippen molar-refractivity contribution in [2.45, 2.75) is 109 Å². The first-order valence-electron chi connectivity index (χ1n) is 13.5. The molecule has 0 aromatic carbocycles. The van der Waals surface area contributed by atoms with Gasteiger partial charge in [0.2, 0.25) is 0 Å². The molecular formula is C29H34F6O2S2. The number of thiophene rings is 2. The van der Waals surface area contributed by atoms with Crippen molar-refractivity contribution in [1.82, 2.24) is 0 Å². The van der Waals surface area contributed by atoms with E-state index in [1.807, 2.05) is 13.8 Å². The lowest BCUT2D eigenvalue weighted by Gasteiger charge is -2.26. The molecule has 0 atom stereocenters. The van der Waals surface area contributed by atoms with E-state index in [9.17, 15) is 18.4 Å². The van der Waals surface area contributed by atoms with Crippen LogP contribution in [0.3, 0.4) is 0 Å². The zero-order chi connectivity index (χ0) is 28.8. The fourth-order valence-corrected chi connectivity index (χ4v) is 7.07. The third-order valence-electron chi connectivity index (χ3n) is 7.11. The first-order chi connectivity index (χ1) is 18.5. The van der Waals surface area contributed by atoms with Gasteiger partial charge in [0.05, 0.1) is 9.75 Å². The molecule has 0 bridgehead atoms. The predicted octanol–water partition coefficient (Wildman–Crippen LogP) is 10.3. The summed E-state index contributed by atoms with van der Waals surface area (Å²) in [5.41, 5.74) is -3.73. The summed E-state index contributed by atoms with van der Waals surface area (Å²) >= 11 is 1.73. The minimum absolute atomic E-state index is 0.00443. The highest BCUT2D eigenvalue weighted by Gasteiger charge is 2.80. The van der Waals surface area contributed by atoms with Crippen molar-refractivity contribution < 1.29 is 35.9 Å². The quantitative estimate of drug-likeness (QED) is 0.110. The monoisotopic (exact) mass is 592 g/mol. The van der Waals surface area contributed by atoms with Crippen LogP contribution in [0.5, 0.6) is 0 Å². The smallest absolute Gasteiger partial charge is 0.297 e. The van der Waals surface area contributed by atoms with Crippen molar-refractivity contribution in [3.63, 3.8) is 0 Å². The lowest BCUT2D eigenvalue weighted by Crippen LogP contribution is -2.49. The molecule has 1 aliphatic rings. The van der Waals surface area contributed by atoms with Gasteiger partial charge < -0.3 is 0 Å². The number of alkyl halides is 6. The summed E-state index contributed by atoms with van der Waals surface area (Å²) in [6.07, 6.45) is 9.53. The molecule has 0 spiro atoms. The van der Waals surface area contributed by atoms with E-state index in [0.717, 1.165) is 86.2 Å². The zero-order valence-electron chi connectivity index (χ0n) is 22.2. The van der Waals surface area contributed by atoms with Crippen LogP contribution < -0.4 is 0 Å². The van der Waals surface area contributed by atoms with Gasteiger partial charge in [-0.15, -0.1) is 22.7 Å². The van der Waals surface area contributed by atoms with E-state index in [2.05, 4.69) is 0 Å². The summed E-state index contributed by atoms with van der Waals surface area (Å²) < 4.78 is 91.7. The summed E-state index contributed by atoms with van der Waals surface area (Å²) in [5.74, 6) is -16.1. The molecule has 216 valence electrons. The number of carbonyl (C=O) groups is 2. The summed E-state index contributed by atoms with van der Waals surface area (Å²) in [6.45, 7) is 4.06. The van der Waals surface area contributed by atoms with E-state index in [4.69, 9.17) is 0 Å². The number of halogens is 6. The number of hydrogen-bond donors (Lipinski definition) is 0. The molecular weight excluding hydrogens is 558 g/mol. The molecule has 0 aliphatic heterocycles. The second-order valence-corrected chi connectivity index (χ2v) is 12.3. The molecule has 3 rings (SSSR count). The number of aldehydes is 2. The standard InChI is InChI=1S/C29H34F6O2S2/c1-3-5-7-9-11-13-23-21(15-19(17-36)38-23)25-26(28(32,33)29(34,35)27(25,30)31)22-16-20(18-37)39-24(22)14-12-10-8-6-4-2/h15-18H,3-14H2,1-2H3. The number of unbranched alkanes of at least 4 members (excludes halogenated alkanes) is 8. The topological polar surface area (TPSA) is 34.1 Å². The maximum atomic E-state index is 15.5. The Balaban J connectivity index is 2.18. The molecule has 0 radical (unpaired) electrons. The summed E-state index contributed by atoms with van der Waals surface area (Å²) in [4.78, 5) is 23.5. The zero-order valence-corrected chi connectivity index (χ0v) is 23.8. The molecule has 1 aliphatic carbocycles. The largest absolute Gasteiger partial charge is 0.380 e. The molecule has 39 heavy (non-hydrogen) atoms. The van der Waals surface area contributed by atoms with E-state index in [1.54, 1.807) is 0 Å². The van der Waals surface area contributed by atoms with Crippen molar-refractivity contribution in [1.29, 1.82) is 0 Å². The summed E-state index contributed by atoms with van der Waals surface area (Å²) in [5, 5.41) is 0. The van der Waals surface area contributed by atoms with Crippen LogP contribution in [-0.2, 0) is 12.8 Å². The number of allylic oxidation sites excluding steroid dienone is 2. The van der Waals surface area contributed by atoms with Crippen molar-refractivity contribution in [3.05, 3.63) is 42.8 Å². The lowest BCUT2D eigenvalue weighted by molar-refractivity contribution is -0.254. The van der Waals surface area contributed by atoms with Gasteiger partial charge in [-0.05, 0) is 48.9 Å². The van der Waals surface area contributed by atoms with Crippen LogP contribution in [-0.4, -0.2) is 30.3 Å². The molecule has 0 unspecified atom stereocenters. The SMILES string of the molecule is CCCCCCCc1sc(C=O)cc1C1=C(c2cc(C=O)sc2CCCCCCC)C(F)(F)C(F)(F)C1(F)F. The highest BCUT2D eigenvalue weighted by molar-refractivity contribution is 7.14. The average Bonchev–Trinajstić information content (AvgIpc) is 3.52. The predicted molar refractivity (Wildman–Crippen MR) is 146 cm³/mol. The van der Waals surface area contributed by atoms with Crippen LogP contribution in [0, 0.1) is 0 Å². The molecule has 0 saturated heterocycles.